The van der Waals surface area contributed by atoms with Crippen molar-refractivity contribution in [2.45, 2.75) is 18.4 Å². The summed E-state index contributed by atoms with van der Waals surface area (Å²) in [5.74, 6) is -0.630. The summed E-state index contributed by atoms with van der Waals surface area (Å²) in [4.78, 5) is -0.0584. The van der Waals surface area contributed by atoms with E-state index in [4.69, 9.17) is 5.11 Å². The fourth-order valence-electron chi connectivity index (χ4n) is 1.95. The molecule has 1 N–H and O–H groups in total. The van der Waals surface area contributed by atoms with Gasteiger partial charge >= 0.3 is 0 Å². The topological polar surface area (TPSA) is 57.6 Å². The highest BCUT2D eigenvalue weighted by Gasteiger charge is 2.22. The van der Waals surface area contributed by atoms with Crippen molar-refractivity contribution in [3.63, 3.8) is 0 Å². The molecule has 0 aliphatic rings. The molecule has 21 heavy (non-hydrogen) atoms. The summed E-state index contributed by atoms with van der Waals surface area (Å²) in [6.45, 7) is 1.31. The zero-order valence-electron chi connectivity index (χ0n) is 11.7. The van der Waals surface area contributed by atoms with Gasteiger partial charge in [0.05, 0.1) is 17.2 Å². The van der Waals surface area contributed by atoms with E-state index in [1.807, 2.05) is 13.0 Å². The molecule has 4 nitrogen and oxygen atoms in total. The van der Waals surface area contributed by atoms with Crippen LogP contribution in [0.4, 0.5) is 10.1 Å². The Bertz CT molecular complexity index is 759. The summed E-state index contributed by atoms with van der Waals surface area (Å²) in [7, 11) is -2.37. The lowest BCUT2D eigenvalue weighted by Crippen LogP contribution is -2.26. The van der Waals surface area contributed by atoms with Crippen LogP contribution in [0.1, 0.15) is 11.1 Å². The standard InChI is InChI=1S/C15H16FNO3S/c1-11-4-3-5-13(8-11)17(2)21(19,20)14-6-7-15(16)12(9-14)10-18/h3-9,18H,10H2,1-2H3. The lowest BCUT2D eigenvalue weighted by atomic mass is 10.2. The second-order valence-electron chi connectivity index (χ2n) is 4.72. The predicted octanol–water partition coefficient (Wildman–Crippen LogP) is 2.45. The first kappa shape index (κ1) is 15.5. The molecule has 0 bridgehead atoms. The molecule has 0 spiro atoms. The van der Waals surface area contributed by atoms with Crippen LogP contribution in [0.2, 0.25) is 0 Å². The van der Waals surface area contributed by atoms with Crippen molar-refractivity contribution in [2.24, 2.45) is 0 Å². The van der Waals surface area contributed by atoms with Crippen LogP contribution in [0.25, 0.3) is 0 Å². The first-order chi connectivity index (χ1) is 9.86. The third-order valence-corrected chi connectivity index (χ3v) is 4.99. The Morgan fingerprint density at radius 3 is 2.52 bits per heavy atom. The number of halogens is 1. The molecule has 0 fully saturated rings. The van der Waals surface area contributed by atoms with Crippen LogP contribution in [0.15, 0.2) is 47.4 Å². The maximum atomic E-state index is 13.4. The monoisotopic (exact) mass is 309 g/mol. The second kappa shape index (κ2) is 5.83. The lowest BCUT2D eigenvalue weighted by molar-refractivity contribution is 0.275. The van der Waals surface area contributed by atoms with E-state index >= 15 is 0 Å². The van der Waals surface area contributed by atoms with Crippen molar-refractivity contribution in [1.29, 1.82) is 0 Å². The van der Waals surface area contributed by atoms with Crippen LogP contribution in [0.3, 0.4) is 0 Å². The highest BCUT2D eigenvalue weighted by molar-refractivity contribution is 7.92. The van der Waals surface area contributed by atoms with Gasteiger partial charge in [-0.1, -0.05) is 12.1 Å². The van der Waals surface area contributed by atoms with E-state index in [1.165, 1.54) is 13.1 Å². The van der Waals surface area contributed by atoms with Crippen molar-refractivity contribution in [3.8, 4) is 0 Å². The molecule has 2 aromatic rings. The van der Waals surface area contributed by atoms with Gasteiger partial charge in [-0.2, -0.15) is 0 Å². The molecule has 112 valence electrons. The van der Waals surface area contributed by atoms with Gasteiger partial charge in [0.25, 0.3) is 10.0 Å². The van der Waals surface area contributed by atoms with Gasteiger partial charge in [-0.3, -0.25) is 4.31 Å². The first-order valence-corrected chi connectivity index (χ1v) is 7.75. The quantitative estimate of drug-likeness (QED) is 0.944. The minimum Gasteiger partial charge on any atom is -0.392 e. The Hall–Kier alpha value is -1.92. The van der Waals surface area contributed by atoms with E-state index in [1.54, 1.807) is 18.2 Å². The molecular weight excluding hydrogens is 293 g/mol. The van der Waals surface area contributed by atoms with Crippen LogP contribution >= 0.6 is 0 Å². The van der Waals surface area contributed by atoms with Gasteiger partial charge in [-0.15, -0.1) is 0 Å². The van der Waals surface area contributed by atoms with Crippen molar-refractivity contribution >= 4 is 15.7 Å². The Morgan fingerprint density at radius 1 is 1.19 bits per heavy atom. The lowest BCUT2D eigenvalue weighted by Gasteiger charge is -2.20. The van der Waals surface area contributed by atoms with Gasteiger partial charge < -0.3 is 5.11 Å². The van der Waals surface area contributed by atoms with E-state index in [0.717, 1.165) is 22.0 Å². The van der Waals surface area contributed by atoms with Crippen LogP contribution in [0.5, 0.6) is 0 Å². The largest absolute Gasteiger partial charge is 0.392 e. The normalized spacial score (nSPS) is 11.4. The molecule has 0 aliphatic carbocycles. The minimum atomic E-state index is -3.80. The Balaban J connectivity index is 2.46. The van der Waals surface area contributed by atoms with Crippen molar-refractivity contribution in [1.82, 2.24) is 0 Å². The van der Waals surface area contributed by atoms with Crippen molar-refractivity contribution in [3.05, 3.63) is 59.4 Å². The fraction of sp³-hybridized carbons (Fsp3) is 0.200. The van der Waals surface area contributed by atoms with Crippen LogP contribution in [0, 0.1) is 12.7 Å². The molecule has 0 amide bonds. The van der Waals surface area contributed by atoms with E-state index in [0.29, 0.717) is 5.69 Å². The Labute approximate surface area is 123 Å². The second-order valence-corrected chi connectivity index (χ2v) is 6.69. The van der Waals surface area contributed by atoms with Crippen LogP contribution in [-0.2, 0) is 16.6 Å². The summed E-state index contributed by atoms with van der Waals surface area (Å²) in [5.41, 5.74) is 1.41. The molecule has 6 heteroatoms. The molecular formula is C15H16FNO3S. The van der Waals surface area contributed by atoms with Gasteiger partial charge in [0.2, 0.25) is 0 Å². The number of hydrogen-bond acceptors (Lipinski definition) is 3. The minimum absolute atomic E-state index is 0.0475. The summed E-state index contributed by atoms with van der Waals surface area (Å²) in [6.07, 6.45) is 0. The summed E-state index contributed by atoms with van der Waals surface area (Å²) in [6, 6.07) is 10.4. The average Bonchev–Trinajstić information content (AvgIpc) is 2.46. The number of aliphatic hydroxyl groups excluding tert-OH is 1. The maximum absolute atomic E-state index is 13.4. The third-order valence-electron chi connectivity index (χ3n) is 3.21. The van der Waals surface area contributed by atoms with Gasteiger partial charge in [-0.05, 0) is 42.8 Å². The van der Waals surface area contributed by atoms with Gasteiger partial charge in [0, 0.05) is 12.6 Å². The Morgan fingerprint density at radius 2 is 1.90 bits per heavy atom. The van der Waals surface area contributed by atoms with E-state index in [9.17, 15) is 12.8 Å². The molecule has 0 heterocycles. The third kappa shape index (κ3) is 3.06. The molecule has 0 atom stereocenters. The molecule has 0 radical (unpaired) electrons. The van der Waals surface area contributed by atoms with Crippen LogP contribution in [-0.4, -0.2) is 20.6 Å². The molecule has 2 aromatic carbocycles. The van der Waals surface area contributed by atoms with E-state index in [2.05, 4.69) is 0 Å². The zero-order valence-corrected chi connectivity index (χ0v) is 12.6. The molecule has 0 saturated heterocycles. The molecule has 0 aromatic heterocycles. The van der Waals surface area contributed by atoms with Crippen molar-refractivity contribution in [2.75, 3.05) is 11.4 Å². The van der Waals surface area contributed by atoms with E-state index in [-0.39, 0.29) is 10.5 Å². The maximum Gasteiger partial charge on any atom is 0.264 e. The Kier molecular flexibility index (Phi) is 4.29. The molecule has 0 unspecified atom stereocenters. The number of aryl methyl sites for hydroxylation is 1. The molecule has 0 aliphatic heterocycles. The van der Waals surface area contributed by atoms with Crippen LogP contribution < -0.4 is 4.31 Å². The number of benzene rings is 2. The van der Waals surface area contributed by atoms with Gasteiger partial charge in [0.15, 0.2) is 0 Å². The first-order valence-electron chi connectivity index (χ1n) is 6.31. The summed E-state index contributed by atoms with van der Waals surface area (Å²) in [5, 5.41) is 9.05. The van der Waals surface area contributed by atoms with E-state index < -0.39 is 22.4 Å². The number of hydrogen-bond donors (Lipinski definition) is 1. The number of rotatable bonds is 4. The SMILES string of the molecule is Cc1cccc(N(C)S(=O)(=O)c2ccc(F)c(CO)c2)c1. The number of sulfonamides is 1. The molecule has 0 saturated carbocycles. The van der Waals surface area contributed by atoms with Gasteiger partial charge in [0.1, 0.15) is 5.82 Å². The average molecular weight is 309 g/mol. The fourth-order valence-corrected chi connectivity index (χ4v) is 3.19. The zero-order chi connectivity index (χ0) is 15.6. The van der Waals surface area contributed by atoms with Crippen molar-refractivity contribution < 1.29 is 17.9 Å². The smallest absolute Gasteiger partial charge is 0.264 e. The highest BCUT2D eigenvalue weighted by atomic mass is 32.2. The highest BCUT2D eigenvalue weighted by Crippen LogP contribution is 2.24. The van der Waals surface area contributed by atoms with Gasteiger partial charge in [-0.25, -0.2) is 12.8 Å². The number of anilines is 1. The number of aliphatic hydroxyl groups is 1. The summed E-state index contributed by atoms with van der Waals surface area (Å²) < 4.78 is 39.6. The summed E-state index contributed by atoms with van der Waals surface area (Å²) >= 11 is 0. The number of nitrogens with zero attached hydrogens (tertiary/aromatic N) is 1. The predicted molar refractivity (Wildman–Crippen MR) is 79.1 cm³/mol. The molecule has 2 rings (SSSR count).